The van der Waals surface area contributed by atoms with Gasteiger partial charge < -0.3 is 23.7 Å². The third-order valence-electron chi connectivity index (χ3n) is 5.70. The maximum atomic E-state index is 12.8. The molecule has 11 heteroatoms. The molecule has 0 saturated carbocycles. The molecule has 2 heterocycles. The van der Waals surface area contributed by atoms with Crippen molar-refractivity contribution in [1.82, 2.24) is 4.98 Å². The van der Waals surface area contributed by atoms with E-state index < -0.39 is 11.0 Å². The topological polar surface area (TPSA) is 122 Å². The molecule has 0 radical (unpaired) electrons. The van der Waals surface area contributed by atoms with E-state index in [1.807, 2.05) is 0 Å². The highest BCUT2D eigenvalue weighted by Gasteiger charge is 2.26. The lowest BCUT2D eigenvalue weighted by Crippen LogP contribution is -2.39. The molecule has 0 fully saturated rings. The van der Waals surface area contributed by atoms with Crippen LogP contribution in [0.15, 0.2) is 66.9 Å². The number of carbonyl (C=O) groups excluding carboxylic acids is 1. The van der Waals surface area contributed by atoms with Gasteiger partial charge in [-0.3, -0.25) is 20.0 Å². The van der Waals surface area contributed by atoms with Crippen LogP contribution in [0.1, 0.15) is 0 Å². The van der Waals surface area contributed by atoms with Gasteiger partial charge in [0.15, 0.2) is 11.5 Å². The molecule has 0 unspecified atom stereocenters. The molecule has 0 atom stereocenters. The third kappa shape index (κ3) is 4.74. The number of hydrogen-bond acceptors (Lipinski definition) is 9. The zero-order chi connectivity index (χ0) is 25.9. The predicted molar refractivity (Wildman–Crippen MR) is 133 cm³/mol. The Morgan fingerprint density at radius 1 is 0.973 bits per heavy atom. The number of carbonyl (C=O) groups is 1. The quantitative estimate of drug-likeness (QED) is 0.253. The third-order valence-corrected chi connectivity index (χ3v) is 5.70. The lowest BCUT2D eigenvalue weighted by atomic mass is 10.1. The highest BCUT2D eigenvalue weighted by Crippen LogP contribution is 2.40. The number of pyridine rings is 1. The van der Waals surface area contributed by atoms with E-state index in [-0.39, 0.29) is 24.6 Å². The Morgan fingerprint density at radius 2 is 1.70 bits per heavy atom. The molecular weight excluding hydrogens is 482 g/mol. The smallest absolute Gasteiger partial charge is 0.419 e. The first-order valence-electron chi connectivity index (χ1n) is 11.2. The Bertz CT molecular complexity index is 1490. The number of nitro benzene ring substituents is 1. The van der Waals surface area contributed by atoms with Crippen LogP contribution in [0.3, 0.4) is 0 Å². The second-order valence-electron chi connectivity index (χ2n) is 7.88. The minimum atomic E-state index is -0.631. The van der Waals surface area contributed by atoms with E-state index in [9.17, 15) is 14.9 Å². The highest BCUT2D eigenvalue weighted by molar-refractivity contribution is 5.92. The molecule has 188 valence electrons. The van der Waals surface area contributed by atoms with Crippen molar-refractivity contribution in [3.63, 3.8) is 0 Å². The predicted octanol–water partition coefficient (Wildman–Crippen LogP) is 5.35. The summed E-state index contributed by atoms with van der Waals surface area (Å²) in [5.41, 5.74) is 1.09. The van der Waals surface area contributed by atoms with Gasteiger partial charge in [-0.2, -0.15) is 0 Å². The van der Waals surface area contributed by atoms with Gasteiger partial charge in [0.1, 0.15) is 29.6 Å². The second kappa shape index (κ2) is 9.90. The van der Waals surface area contributed by atoms with E-state index in [0.29, 0.717) is 40.0 Å². The van der Waals surface area contributed by atoms with E-state index in [1.165, 1.54) is 29.2 Å². The lowest BCUT2D eigenvalue weighted by Gasteiger charge is -2.29. The van der Waals surface area contributed by atoms with Gasteiger partial charge in [-0.05, 0) is 36.4 Å². The molecule has 0 bridgehead atoms. The number of non-ortho nitro benzene ring substituents is 1. The van der Waals surface area contributed by atoms with Crippen molar-refractivity contribution in [3.8, 4) is 34.5 Å². The average molecular weight is 503 g/mol. The number of benzene rings is 3. The molecule has 1 aliphatic heterocycles. The monoisotopic (exact) mass is 503 g/mol. The highest BCUT2D eigenvalue weighted by atomic mass is 16.6. The van der Waals surface area contributed by atoms with Crippen molar-refractivity contribution in [1.29, 1.82) is 0 Å². The number of rotatable bonds is 6. The summed E-state index contributed by atoms with van der Waals surface area (Å²) in [7, 11) is 3.11. The van der Waals surface area contributed by atoms with E-state index in [4.69, 9.17) is 23.7 Å². The summed E-state index contributed by atoms with van der Waals surface area (Å²) in [4.78, 5) is 29.0. The minimum absolute atomic E-state index is 0.0939. The second-order valence-corrected chi connectivity index (χ2v) is 7.88. The van der Waals surface area contributed by atoms with Crippen LogP contribution >= 0.6 is 0 Å². The van der Waals surface area contributed by atoms with Gasteiger partial charge in [0.2, 0.25) is 0 Å². The molecule has 11 nitrogen and oxygen atoms in total. The summed E-state index contributed by atoms with van der Waals surface area (Å²) in [6.45, 7) is 0.524. The maximum absolute atomic E-state index is 12.8. The standard InChI is InChI=1S/C26H21N3O8/c1-33-24-14-19-20(15-25(24)34-2)27-10-9-22(19)36-18-7-8-21-23(13-18)35-12-11-28(21)26(30)37-17-5-3-16(4-6-17)29(31)32/h3-10,13-15H,11-12H2,1-2H3. The Kier molecular flexibility index (Phi) is 6.33. The molecule has 4 aromatic rings. The number of methoxy groups -OCH3 is 2. The lowest BCUT2D eigenvalue weighted by molar-refractivity contribution is -0.384. The van der Waals surface area contributed by atoms with E-state index in [2.05, 4.69) is 4.98 Å². The van der Waals surface area contributed by atoms with Crippen LogP contribution in [0.25, 0.3) is 10.9 Å². The molecule has 0 N–H and O–H groups in total. The molecular formula is C26H21N3O8. The minimum Gasteiger partial charge on any atom is -0.493 e. The van der Waals surface area contributed by atoms with Crippen LogP contribution < -0.4 is 28.6 Å². The van der Waals surface area contributed by atoms with Gasteiger partial charge in [-0.15, -0.1) is 0 Å². The van der Waals surface area contributed by atoms with Crippen LogP contribution in [0, 0.1) is 10.1 Å². The maximum Gasteiger partial charge on any atom is 0.419 e. The molecule has 1 aromatic heterocycles. The first-order chi connectivity index (χ1) is 18.0. The first kappa shape index (κ1) is 23.7. The molecule has 0 spiro atoms. The van der Waals surface area contributed by atoms with Crippen LogP contribution in [0.2, 0.25) is 0 Å². The number of ether oxygens (including phenoxy) is 5. The van der Waals surface area contributed by atoms with Crippen molar-refractivity contribution in [2.75, 3.05) is 32.3 Å². The number of fused-ring (bicyclic) bond motifs is 2. The number of amides is 1. The van der Waals surface area contributed by atoms with Crippen molar-refractivity contribution < 1.29 is 33.4 Å². The van der Waals surface area contributed by atoms with Crippen molar-refractivity contribution >= 4 is 28.4 Å². The number of hydrogen-bond donors (Lipinski definition) is 0. The summed E-state index contributed by atoms with van der Waals surface area (Å²) < 4.78 is 28.1. The fraction of sp³-hybridized carbons (Fsp3) is 0.154. The van der Waals surface area contributed by atoms with Gasteiger partial charge in [0.05, 0.1) is 36.9 Å². The number of aromatic nitrogens is 1. The summed E-state index contributed by atoms with van der Waals surface area (Å²) >= 11 is 0. The Labute approximate surface area is 210 Å². The van der Waals surface area contributed by atoms with E-state index >= 15 is 0 Å². The fourth-order valence-corrected chi connectivity index (χ4v) is 3.91. The fourth-order valence-electron chi connectivity index (χ4n) is 3.91. The number of nitro groups is 1. The molecule has 0 aliphatic carbocycles. The van der Waals surface area contributed by atoms with Crippen LogP contribution in [0.5, 0.6) is 34.5 Å². The SMILES string of the molecule is COc1cc2nccc(Oc3ccc4c(c3)OCCN4C(=O)Oc3ccc([N+](=O)[O-])cc3)c2cc1OC. The first-order valence-corrected chi connectivity index (χ1v) is 11.2. The summed E-state index contributed by atoms with van der Waals surface area (Å²) in [5.74, 6) is 2.79. The zero-order valence-electron chi connectivity index (χ0n) is 19.9. The average Bonchev–Trinajstić information content (AvgIpc) is 2.92. The molecule has 0 saturated heterocycles. The Hall–Kier alpha value is -5.06. The van der Waals surface area contributed by atoms with E-state index in [0.717, 1.165) is 5.39 Å². The van der Waals surface area contributed by atoms with Crippen LogP contribution in [-0.4, -0.2) is 43.4 Å². The summed E-state index contributed by atoms with van der Waals surface area (Å²) in [5, 5.41) is 11.6. The van der Waals surface area contributed by atoms with Gasteiger partial charge in [-0.25, -0.2) is 4.79 Å². The normalized spacial score (nSPS) is 12.3. The van der Waals surface area contributed by atoms with Gasteiger partial charge >= 0.3 is 6.09 Å². The van der Waals surface area contributed by atoms with Gasteiger partial charge in [-0.1, -0.05) is 0 Å². The van der Waals surface area contributed by atoms with E-state index in [1.54, 1.807) is 56.8 Å². The van der Waals surface area contributed by atoms with Gasteiger partial charge in [0.25, 0.3) is 5.69 Å². The van der Waals surface area contributed by atoms with Crippen molar-refractivity contribution in [2.24, 2.45) is 0 Å². The van der Waals surface area contributed by atoms with Gasteiger partial charge in [0, 0.05) is 35.8 Å². The Morgan fingerprint density at radius 3 is 2.43 bits per heavy atom. The van der Waals surface area contributed by atoms with Crippen molar-refractivity contribution in [2.45, 2.75) is 0 Å². The molecule has 1 aliphatic rings. The molecule has 5 rings (SSSR count). The number of anilines is 1. The number of nitrogens with zero attached hydrogens (tertiary/aromatic N) is 3. The van der Waals surface area contributed by atoms with Crippen molar-refractivity contribution in [3.05, 3.63) is 77.0 Å². The Balaban J connectivity index is 1.38. The molecule has 37 heavy (non-hydrogen) atoms. The summed E-state index contributed by atoms with van der Waals surface area (Å²) in [6.07, 6.45) is 1.00. The van der Waals surface area contributed by atoms with Crippen LogP contribution in [-0.2, 0) is 0 Å². The largest absolute Gasteiger partial charge is 0.493 e. The molecule has 1 amide bonds. The summed E-state index contributed by atoms with van der Waals surface area (Å²) in [6, 6.07) is 15.7. The van der Waals surface area contributed by atoms with Crippen LogP contribution in [0.4, 0.5) is 16.2 Å². The zero-order valence-corrected chi connectivity index (χ0v) is 19.9. The molecule has 3 aromatic carbocycles.